The fourth-order valence-electron chi connectivity index (χ4n) is 3.29. The summed E-state index contributed by atoms with van der Waals surface area (Å²) in [7, 11) is 0. The monoisotopic (exact) mass is 385 g/mol. The van der Waals surface area contributed by atoms with E-state index < -0.39 is 18.3 Å². The first-order valence-corrected chi connectivity index (χ1v) is 9.09. The summed E-state index contributed by atoms with van der Waals surface area (Å²) in [5.41, 5.74) is 4.64. The number of carbonyl (C=O) groups excluding carboxylic acids is 1. The Bertz CT molecular complexity index is 792. The van der Waals surface area contributed by atoms with E-state index in [-0.39, 0.29) is 32.3 Å². The molecule has 0 aliphatic heterocycles. The number of rotatable bonds is 9. The molecule has 7 nitrogen and oxygen atoms in total. The number of nitrogens with one attached hydrogen (secondary N) is 1. The first-order chi connectivity index (χ1) is 13.6. The molecule has 3 rings (SSSR count). The molecule has 148 valence electrons. The maximum atomic E-state index is 12.1. The van der Waals surface area contributed by atoms with Gasteiger partial charge in [0.15, 0.2) is 0 Å². The standard InChI is InChI=1S/C21H23NO6/c1-14(27-11-10-26-13-20(23)24)22-21(25)28-12-19-17-8-4-2-6-15(17)16-7-3-5-9-18(16)19/h2-9,14,19H,10-13H2,1H3,(H,22,25)(H,23,24). The number of ether oxygens (including phenoxy) is 3. The lowest BCUT2D eigenvalue weighted by Gasteiger charge is -2.17. The highest BCUT2D eigenvalue weighted by Gasteiger charge is 2.29. The van der Waals surface area contributed by atoms with E-state index in [4.69, 9.17) is 19.3 Å². The van der Waals surface area contributed by atoms with Gasteiger partial charge in [-0.2, -0.15) is 0 Å². The lowest BCUT2D eigenvalue weighted by molar-refractivity contribution is -0.142. The molecule has 2 aromatic carbocycles. The van der Waals surface area contributed by atoms with Crippen LogP contribution in [0.1, 0.15) is 24.0 Å². The molecule has 0 aromatic heterocycles. The van der Waals surface area contributed by atoms with Crippen LogP contribution in [0, 0.1) is 0 Å². The number of alkyl carbamates (subject to hydrolysis) is 1. The topological polar surface area (TPSA) is 94.1 Å². The number of carbonyl (C=O) groups is 2. The lowest BCUT2D eigenvalue weighted by Crippen LogP contribution is -2.36. The zero-order valence-corrected chi connectivity index (χ0v) is 15.6. The van der Waals surface area contributed by atoms with Crippen molar-refractivity contribution in [1.29, 1.82) is 0 Å². The van der Waals surface area contributed by atoms with Crippen LogP contribution >= 0.6 is 0 Å². The largest absolute Gasteiger partial charge is 0.480 e. The molecule has 0 heterocycles. The summed E-state index contributed by atoms with van der Waals surface area (Å²) in [5, 5.41) is 11.1. The number of carboxylic acids is 1. The van der Waals surface area contributed by atoms with Crippen molar-refractivity contribution in [3.8, 4) is 11.1 Å². The molecule has 0 radical (unpaired) electrons. The normalized spacial score (nSPS) is 13.5. The Balaban J connectivity index is 1.48. The van der Waals surface area contributed by atoms with Gasteiger partial charge in [0.05, 0.1) is 13.2 Å². The second-order valence-corrected chi connectivity index (χ2v) is 6.43. The molecular weight excluding hydrogens is 362 g/mol. The average Bonchev–Trinajstić information content (AvgIpc) is 3.00. The van der Waals surface area contributed by atoms with E-state index >= 15 is 0 Å². The Morgan fingerprint density at radius 3 is 2.25 bits per heavy atom. The molecule has 2 aromatic rings. The van der Waals surface area contributed by atoms with Crippen molar-refractivity contribution < 1.29 is 28.9 Å². The second kappa shape index (κ2) is 9.34. The summed E-state index contributed by atoms with van der Waals surface area (Å²) in [6.45, 7) is 1.81. The number of hydrogen-bond acceptors (Lipinski definition) is 5. The minimum Gasteiger partial charge on any atom is -0.480 e. The van der Waals surface area contributed by atoms with Crippen LogP contribution in [0.5, 0.6) is 0 Å². The molecule has 1 atom stereocenters. The van der Waals surface area contributed by atoms with Crippen LogP contribution in [0.25, 0.3) is 11.1 Å². The summed E-state index contributed by atoms with van der Waals surface area (Å²) >= 11 is 0. The van der Waals surface area contributed by atoms with E-state index in [0.29, 0.717) is 0 Å². The van der Waals surface area contributed by atoms with Crippen LogP contribution in [-0.4, -0.2) is 49.8 Å². The third-order valence-corrected chi connectivity index (χ3v) is 4.49. The molecule has 0 saturated heterocycles. The Kier molecular flexibility index (Phi) is 6.62. The molecule has 1 amide bonds. The Hall–Kier alpha value is -2.90. The van der Waals surface area contributed by atoms with E-state index in [9.17, 15) is 9.59 Å². The van der Waals surface area contributed by atoms with E-state index in [1.807, 2.05) is 24.3 Å². The zero-order valence-electron chi connectivity index (χ0n) is 15.6. The molecule has 28 heavy (non-hydrogen) atoms. The minimum absolute atomic E-state index is 0.00112. The van der Waals surface area contributed by atoms with Crippen LogP contribution in [-0.2, 0) is 19.0 Å². The minimum atomic E-state index is -1.04. The highest BCUT2D eigenvalue weighted by Crippen LogP contribution is 2.44. The first kappa shape index (κ1) is 19.9. The molecule has 2 N–H and O–H groups in total. The molecule has 1 unspecified atom stereocenters. The molecular formula is C21H23NO6. The lowest BCUT2D eigenvalue weighted by atomic mass is 9.98. The second-order valence-electron chi connectivity index (χ2n) is 6.43. The number of amides is 1. The molecule has 0 bridgehead atoms. The van der Waals surface area contributed by atoms with E-state index in [0.717, 1.165) is 11.1 Å². The van der Waals surface area contributed by atoms with E-state index in [1.54, 1.807) is 6.92 Å². The van der Waals surface area contributed by atoms with Crippen LogP contribution in [0.3, 0.4) is 0 Å². The molecule has 1 aliphatic rings. The number of aliphatic carboxylic acids is 1. The van der Waals surface area contributed by atoms with Gasteiger partial charge < -0.3 is 19.3 Å². The van der Waals surface area contributed by atoms with Gasteiger partial charge in [-0.3, -0.25) is 5.32 Å². The predicted octanol–water partition coefficient (Wildman–Crippen LogP) is 2.99. The van der Waals surface area contributed by atoms with Crippen molar-refractivity contribution >= 4 is 12.1 Å². The average molecular weight is 385 g/mol. The van der Waals surface area contributed by atoms with Crippen molar-refractivity contribution in [1.82, 2.24) is 5.32 Å². The van der Waals surface area contributed by atoms with E-state index in [2.05, 4.69) is 29.6 Å². The van der Waals surface area contributed by atoms with Gasteiger partial charge >= 0.3 is 12.1 Å². The van der Waals surface area contributed by atoms with Crippen molar-refractivity contribution in [2.45, 2.75) is 19.1 Å². The number of benzene rings is 2. The third-order valence-electron chi connectivity index (χ3n) is 4.49. The number of carboxylic acid groups (broad SMARTS) is 1. The Labute approximate surface area is 163 Å². The van der Waals surface area contributed by atoms with Gasteiger partial charge in [-0.15, -0.1) is 0 Å². The predicted molar refractivity (Wildman–Crippen MR) is 102 cm³/mol. The summed E-state index contributed by atoms with van der Waals surface area (Å²) in [6, 6.07) is 16.3. The fourth-order valence-corrected chi connectivity index (χ4v) is 3.29. The summed E-state index contributed by atoms with van der Waals surface area (Å²) in [4.78, 5) is 22.4. The van der Waals surface area contributed by atoms with Crippen molar-refractivity contribution in [2.24, 2.45) is 0 Å². The van der Waals surface area contributed by atoms with Gasteiger partial charge in [-0.05, 0) is 29.2 Å². The number of fused-ring (bicyclic) bond motifs is 3. The first-order valence-electron chi connectivity index (χ1n) is 9.09. The fraction of sp³-hybridized carbons (Fsp3) is 0.333. The zero-order chi connectivity index (χ0) is 19.9. The molecule has 0 fully saturated rings. The molecule has 7 heteroatoms. The van der Waals surface area contributed by atoms with Crippen LogP contribution < -0.4 is 5.32 Å². The SMILES string of the molecule is CC(NC(=O)OCC1c2ccccc2-c2ccccc21)OCCOCC(=O)O. The highest BCUT2D eigenvalue weighted by molar-refractivity contribution is 5.79. The number of hydrogen-bond donors (Lipinski definition) is 2. The maximum absolute atomic E-state index is 12.1. The summed E-state index contributed by atoms with van der Waals surface area (Å²) < 4.78 is 15.6. The van der Waals surface area contributed by atoms with Gasteiger partial charge in [0, 0.05) is 5.92 Å². The van der Waals surface area contributed by atoms with Crippen molar-refractivity contribution in [3.63, 3.8) is 0 Å². The Morgan fingerprint density at radius 1 is 1.04 bits per heavy atom. The van der Waals surface area contributed by atoms with Crippen LogP contribution in [0.2, 0.25) is 0 Å². The quantitative estimate of drug-likeness (QED) is 0.509. The molecule has 0 saturated carbocycles. The van der Waals surface area contributed by atoms with Crippen LogP contribution in [0.4, 0.5) is 4.79 Å². The summed E-state index contributed by atoms with van der Waals surface area (Å²) in [6.07, 6.45) is -1.15. The van der Waals surface area contributed by atoms with Gasteiger partial charge in [-0.25, -0.2) is 9.59 Å². The smallest absolute Gasteiger partial charge is 0.409 e. The maximum Gasteiger partial charge on any atom is 0.409 e. The van der Waals surface area contributed by atoms with E-state index in [1.165, 1.54) is 11.1 Å². The van der Waals surface area contributed by atoms with Gasteiger partial charge in [-0.1, -0.05) is 48.5 Å². The highest BCUT2D eigenvalue weighted by atomic mass is 16.6. The van der Waals surface area contributed by atoms with Crippen molar-refractivity contribution in [2.75, 3.05) is 26.4 Å². The van der Waals surface area contributed by atoms with Crippen molar-refractivity contribution in [3.05, 3.63) is 59.7 Å². The Morgan fingerprint density at radius 2 is 1.64 bits per heavy atom. The van der Waals surface area contributed by atoms with Gasteiger partial charge in [0.1, 0.15) is 19.4 Å². The summed E-state index contributed by atoms with van der Waals surface area (Å²) in [5.74, 6) is -1.04. The molecule has 1 aliphatic carbocycles. The van der Waals surface area contributed by atoms with Crippen LogP contribution in [0.15, 0.2) is 48.5 Å². The van der Waals surface area contributed by atoms with Gasteiger partial charge in [0.2, 0.25) is 0 Å². The van der Waals surface area contributed by atoms with Gasteiger partial charge in [0.25, 0.3) is 0 Å². The third kappa shape index (κ3) is 4.88. The molecule has 0 spiro atoms.